The minimum absolute atomic E-state index is 0.341. The van der Waals surface area contributed by atoms with Crippen LogP contribution in [-0.2, 0) is 4.74 Å². The Hall–Kier alpha value is -2.37. The fraction of sp³-hybridized carbons (Fsp3) is 0. The summed E-state index contributed by atoms with van der Waals surface area (Å²) in [5.74, 6) is -0.602. The lowest BCUT2D eigenvalue weighted by molar-refractivity contribution is 0.100. The average molecular weight is 207 g/mol. The molecule has 78 valence electrons. The molecule has 0 saturated heterocycles. The highest BCUT2D eigenvalue weighted by Gasteiger charge is 2.06. The van der Waals surface area contributed by atoms with Crippen LogP contribution in [0.1, 0.15) is 10.4 Å². The fourth-order valence-electron chi connectivity index (χ4n) is 0.871. The summed E-state index contributed by atoms with van der Waals surface area (Å²) >= 11 is 0. The standard InChI is InChI=1S/C9H9N3O3/c10-8(15-9(11)14)12-7(13)6-4-2-1-3-5-6/h1-5H,(H2,11,14)(H2,10,12,13). The monoisotopic (exact) mass is 207 g/mol. The summed E-state index contributed by atoms with van der Waals surface area (Å²) in [6.07, 6.45) is -1.11. The van der Waals surface area contributed by atoms with E-state index in [0.717, 1.165) is 0 Å². The molecule has 0 unspecified atom stereocenters. The molecule has 0 spiro atoms. The van der Waals surface area contributed by atoms with Crippen LogP contribution in [0.2, 0.25) is 0 Å². The Labute approximate surface area is 85.5 Å². The summed E-state index contributed by atoms with van der Waals surface area (Å²) in [6, 6.07) is 7.65. The van der Waals surface area contributed by atoms with Gasteiger partial charge < -0.3 is 16.2 Å². The van der Waals surface area contributed by atoms with Crippen molar-refractivity contribution in [1.29, 1.82) is 0 Å². The van der Waals surface area contributed by atoms with E-state index >= 15 is 0 Å². The highest BCUT2D eigenvalue weighted by Crippen LogP contribution is 2.00. The van der Waals surface area contributed by atoms with E-state index in [1.54, 1.807) is 30.3 Å². The minimum atomic E-state index is -1.11. The molecule has 0 aliphatic heterocycles. The van der Waals surface area contributed by atoms with Crippen molar-refractivity contribution in [3.63, 3.8) is 0 Å². The van der Waals surface area contributed by atoms with Gasteiger partial charge in [0.2, 0.25) is 0 Å². The average Bonchev–Trinajstić information content (AvgIpc) is 2.17. The Balaban J connectivity index is 2.75. The first-order valence-electron chi connectivity index (χ1n) is 4.00. The van der Waals surface area contributed by atoms with Crippen LogP contribution in [0.3, 0.4) is 0 Å². The Morgan fingerprint density at radius 2 is 1.73 bits per heavy atom. The molecule has 0 aliphatic rings. The van der Waals surface area contributed by atoms with Crippen molar-refractivity contribution in [2.75, 3.05) is 0 Å². The first kappa shape index (κ1) is 10.7. The number of primary amides is 1. The van der Waals surface area contributed by atoms with Crippen molar-refractivity contribution in [1.82, 2.24) is 0 Å². The van der Waals surface area contributed by atoms with Crippen LogP contribution in [0.5, 0.6) is 0 Å². The second-order valence-corrected chi connectivity index (χ2v) is 2.54. The molecule has 0 aliphatic carbocycles. The quantitative estimate of drug-likeness (QED) is 0.507. The number of nitrogens with zero attached hydrogens (tertiary/aromatic N) is 1. The first-order chi connectivity index (χ1) is 7.09. The maximum atomic E-state index is 11.3. The molecule has 0 saturated carbocycles. The molecule has 6 nitrogen and oxygen atoms in total. The van der Waals surface area contributed by atoms with E-state index in [1.807, 2.05) is 0 Å². The number of benzene rings is 1. The molecule has 0 atom stereocenters. The third-order valence-corrected chi connectivity index (χ3v) is 1.44. The van der Waals surface area contributed by atoms with Gasteiger partial charge in [-0.1, -0.05) is 18.2 Å². The molecule has 1 aromatic rings. The zero-order valence-corrected chi connectivity index (χ0v) is 7.71. The van der Waals surface area contributed by atoms with E-state index in [-0.39, 0.29) is 0 Å². The Kier molecular flexibility index (Phi) is 3.39. The van der Waals surface area contributed by atoms with Crippen molar-refractivity contribution in [3.8, 4) is 0 Å². The number of hydrogen-bond donors (Lipinski definition) is 2. The second-order valence-electron chi connectivity index (χ2n) is 2.54. The molecule has 0 aromatic heterocycles. The predicted octanol–water partition coefficient (Wildman–Crippen LogP) is 0.237. The smallest absolute Gasteiger partial charge is 0.376 e. The van der Waals surface area contributed by atoms with Gasteiger partial charge in [0, 0.05) is 5.56 Å². The fourth-order valence-corrected chi connectivity index (χ4v) is 0.871. The number of carbonyl (C=O) groups excluding carboxylic acids is 2. The Bertz CT molecular complexity index is 400. The van der Waals surface area contributed by atoms with E-state index < -0.39 is 18.0 Å². The van der Waals surface area contributed by atoms with Crippen LogP contribution in [0.15, 0.2) is 35.3 Å². The van der Waals surface area contributed by atoms with E-state index in [1.165, 1.54) is 0 Å². The molecule has 4 N–H and O–H groups in total. The lowest BCUT2D eigenvalue weighted by Gasteiger charge is -1.98. The van der Waals surface area contributed by atoms with Gasteiger partial charge in [0.05, 0.1) is 0 Å². The zero-order valence-electron chi connectivity index (χ0n) is 7.71. The molecule has 1 aromatic carbocycles. The second kappa shape index (κ2) is 4.75. The van der Waals surface area contributed by atoms with Gasteiger partial charge in [-0.3, -0.25) is 4.79 Å². The largest absolute Gasteiger partial charge is 0.412 e. The first-order valence-corrected chi connectivity index (χ1v) is 4.00. The molecule has 0 bridgehead atoms. The van der Waals surface area contributed by atoms with E-state index in [2.05, 4.69) is 15.5 Å². The van der Waals surface area contributed by atoms with Gasteiger partial charge >= 0.3 is 6.09 Å². The normalized spacial score (nSPS) is 10.8. The molecule has 15 heavy (non-hydrogen) atoms. The maximum Gasteiger partial charge on any atom is 0.412 e. The van der Waals surface area contributed by atoms with Crippen molar-refractivity contribution < 1.29 is 14.3 Å². The van der Waals surface area contributed by atoms with Crippen molar-refractivity contribution >= 4 is 18.0 Å². The summed E-state index contributed by atoms with van der Waals surface area (Å²) in [7, 11) is 0. The molecule has 0 radical (unpaired) electrons. The minimum Gasteiger partial charge on any atom is -0.376 e. The van der Waals surface area contributed by atoms with Crippen molar-refractivity contribution in [2.45, 2.75) is 0 Å². The molecule has 0 fully saturated rings. The van der Waals surface area contributed by atoms with Gasteiger partial charge in [-0.25, -0.2) is 4.79 Å². The van der Waals surface area contributed by atoms with Gasteiger partial charge in [-0.05, 0) is 12.1 Å². The summed E-state index contributed by atoms with van der Waals surface area (Å²) < 4.78 is 4.19. The van der Waals surface area contributed by atoms with Crippen molar-refractivity contribution in [3.05, 3.63) is 35.9 Å². The molecule has 6 heteroatoms. The molecular weight excluding hydrogens is 198 g/mol. The molecule has 1 rings (SSSR count). The summed E-state index contributed by atoms with van der Waals surface area (Å²) in [5, 5.41) is 0. The number of ether oxygens (including phenoxy) is 1. The summed E-state index contributed by atoms with van der Waals surface area (Å²) in [5.41, 5.74) is 10.1. The van der Waals surface area contributed by atoms with Crippen LogP contribution in [0.25, 0.3) is 0 Å². The topological polar surface area (TPSA) is 108 Å². The lowest BCUT2D eigenvalue weighted by atomic mass is 10.2. The van der Waals surface area contributed by atoms with E-state index in [9.17, 15) is 9.59 Å². The highest BCUT2D eigenvalue weighted by molar-refractivity contribution is 6.02. The van der Waals surface area contributed by atoms with Gasteiger partial charge in [0.25, 0.3) is 11.9 Å². The number of aliphatic imine (C=N–C) groups is 1. The van der Waals surface area contributed by atoms with Crippen LogP contribution in [-0.4, -0.2) is 18.0 Å². The number of carbonyl (C=O) groups is 2. The molecule has 0 heterocycles. The molecule has 2 amide bonds. The summed E-state index contributed by atoms with van der Waals surface area (Å²) in [6.45, 7) is 0. The zero-order chi connectivity index (χ0) is 11.3. The third-order valence-electron chi connectivity index (χ3n) is 1.44. The van der Waals surface area contributed by atoms with Crippen molar-refractivity contribution in [2.24, 2.45) is 16.5 Å². The van der Waals surface area contributed by atoms with Gasteiger partial charge in [0.1, 0.15) is 0 Å². The number of nitrogens with two attached hydrogens (primary N) is 2. The third kappa shape index (κ3) is 3.47. The van der Waals surface area contributed by atoms with Crippen LogP contribution in [0, 0.1) is 0 Å². The van der Waals surface area contributed by atoms with E-state index in [4.69, 9.17) is 5.73 Å². The number of amides is 2. The highest BCUT2D eigenvalue weighted by atomic mass is 16.6. The number of rotatable bonds is 1. The number of amidine groups is 1. The Morgan fingerprint density at radius 1 is 1.13 bits per heavy atom. The lowest BCUT2D eigenvalue weighted by Crippen LogP contribution is -2.25. The Morgan fingerprint density at radius 3 is 2.27 bits per heavy atom. The summed E-state index contributed by atoms with van der Waals surface area (Å²) in [4.78, 5) is 24.9. The van der Waals surface area contributed by atoms with Crippen LogP contribution in [0.4, 0.5) is 4.79 Å². The SMILES string of the molecule is NC(=O)OC(N)=NC(=O)c1ccccc1. The van der Waals surface area contributed by atoms with Gasteiger partial charge in [-0.2, -0.15) is 4.99 Å². The number of hydrogen-bond acceptors (Lipinski definition) is 3. The predicted molar refractivity (Wildman–Crippen MR) is 53.1 cm³/mol. The molecular formula is C9H9N3O3. The van der Waals surface area contributed by atoms with Gasteiger partial charge in [0.15, 0.2) is 0 Å². The van der Waals surface area contributed by atoms with Crippen LogP contribution >= 0.6 is 0 Å². The van der Waals surface area contributed by atoms with E-state index in [0.29, 0.717) is 5.56 Å². The maximum absolute atomic E-state index is 11.3. The van der Waals surface area contributed by atoms with Crippen LogP contribution < -0.4 is 11.5 Å². The van der Waals surface area contributed by atoms with Gasteiger partial charge in [-0.15, -0.1) is 0 Å².